The molecule has 7 nitrogen and oxygen atoms in total. The molecule has 1 N–H and O–H groups in total. The van der Waals surface area contributed by atoms with Gasteiger partial charge in [0.1, 0.15) is 10.7 Å². The van der Waals surface area contributed by atoms with Crippen molar-refractivity contribution in [2.45, 2.75) is 39.7 Å². The number of hydrogen-bond donors (Lipinski definition) is 1. The van der Waals surface area contributed by atoms with E-state index in [1.165, 1.54) is 9.55 Å². The van der Waals surface area contributed by atoms with Crippen LogP contribution < -0.4 is 11.0 Å². The predicted molar refractivity (Wildman–Crippen MR) is 99.9 cm³/mol. The molecule has 1 amide bonds. The summed E-state index contributed by atoms with van der Waals surface area (Å²) in [5, 5.41) is 4.86. The van der Waals surface area contributed by atoms with E-state index in [2.05, 4.69) is 31.4 Å². The van der Waals surface area contributed by atoms with Crippen molar-refractivity contribution in [2.24, 2.45) is 0 Å². The van der Waals surface area contributed by atoms with E-state index in [-0.39, 0.29) is 11.3 Å². The molecule has 0 fully saturated rings. The Kier molecular flexibility index (Phi) is 3.99. The number of thiophene rings is 1. The fraction of sp³-hybridized carbons (Fsp3) is 0.375. The molecule has 9 heteroatoms. The fourth-order valence-electron chi connectivity index (χ4n) is 3.14. The molecule has 0 unspecified atom stereocenters. The summed E-state index contributed by atoms with van der Waals surface area (Å²) in [6.45, 7) is 4.30. The lowest BCUT2D eigenvalue weighted by molar-refractivity contribution is 0.1000. The van der Waals surface area contributed by atoms with Gasteiger partial charge in [-0.3, -0.25) is 19.7 Å². The van der Waals surface area contributed by atoms with Gasteiger partial charge in [-0.25, -0.2) is 9.66 Å². The highest BCUT2D eigenvalue weighted by molar-refractivity contribution is 9.10. The van der Waals surface area contributed by atoms with E-state index in [4.69, 9.17) is 0 Å². The van der Waals surface area contributed by atoms with E-state index in [9.17, 15) is 9.59 Å². The van der Waals surface area contributed by atoms with Crippen LogP contribution in [0.25, 0.3) is 10.2 Å². The van der Waals surface area contributed by atoms with E-state index in [1.807, 2.05) is 6.92 Å². The summed E-state index contributed by atoms with van der Waals surface area (Å²) in [5.74, 6) is 0.00844. The highest BCUT2D eigenvalue weighted by Crippen LogP contribution is 2.34. The molecule has 4 rings (SSSR count). The Bertz CT molecular complexity index is 1060. The largest absolute Gasteiger partial charge is 0.291 e. The van der Waals surface area contributed by atoms with E-state index in [0.717, 1.165) is 29.7 Å². The van der Waals surface area contributed by atoms with E-state index < -0.39 is 5.91 Å². The van der Waals surface area contributed by atoms with Crippen LogP contribution in [-0.2, 0) is 19.4 Å². The second-order valence-corrected chi connectivity index (χ2v) is 7.90. The van der Waals surface area contributed by atoms with Gasteiger partial charge in [0.15, 0.2) is 5.69 Å². The maximum absolute atomic E-state index is 13.0. The van der Waals surface area contributed by atoms with Gasteiger partial charge in [-0.05, 0) is 54.6 Å². The standard InChI is InChI=1S/C16H16BrN5O2S/c1-3-21-7-10(17)13(19-21)14(23)20-22-8(2)18-15-12(16(22)24)9-5-4-6-11(9)25-15/h7H,3-6H2,1-2H3,(H,20,23). The topological polar surface area (TPSA) is 81.8 Å². The van der Waals surface area contributed by atoms with Crippen molar-refractivity contribution in [3.8, 4) is 0 Å². The normalized spacial score (nSPS) is 13.4. The molecule has 0 aromatic carbocycles. The average molecular weight is 422 g/mol. The molecule has 0 aliphatic heterocycles. The number of amides is 1. The van der Waals surface area contributed by atoms with Crippen molar-refractivity contribution in [3.63, 3.8) is 0 Å². The summed E-state index contributed by atoms with van der Waals surface area (Å²) >= 11 is 4.92. The summed E-state index contributed by atoms with van der Waals surface area (Å²) < 4.78 is 3.47. The Morgan fingerprint density at radius 2 is 2.24 bits per heavy atom. The monoisotopic (exact) mass is 421 g/mol. The highest BCUT2D eigenvalue weighted by atomic mass is 79.9. The number of nitrogens with zero attached hydrogens (tertiary/aromatic N) is 4. The number of aryl methyl sites for hydroxylation is 4. The minimum atomic E-state index is -0.447. The third kappa shape index (κ3) is 2.62. The molecule has 3 heterocycles. The van der Waals surface area contributed by atoms with Crippen LogP contribution in [0, 0.1) is 6.92 Å². The number of nitrogens with one attached hydrogen (secondary N) is 1. The van der Waals surface area contributed by atoms with E-state index >= 15 is 0 Å². The summed E-state index contributed by atoms with van der Waals surface area (Å²) in [5.41, 5.74) is 3.76. The van der Waals surface area contributed by atoms with Gasteiger partial charge in [-0.15, -0.1) is 11.3 Å². The average Bonchev–Trinajstić information content (AvgIpc) is 3.24. The van der Waals surface area contributed by atoms with Crippen LogP contribution in [0.1, 0.15) is 40.1 Å². The number of fused-ring (bicyclic) bond motifs is 3. The van der Waals surface area contributed by atoms with Crippen molar-refractivity contribution in [2.75, 3.05) is 5.43 Å². The Hall–Kier alpha value is -2.00. The smallest absolute Gasteiger partial charge is 0.271 e. The molecular formula is C16H16BrN5O2S. The van der Waals surface area contributed by atoms with Crippen molar-refractivity contribution >= 4 is 43.4 Å². The number of carbonyl (C=O) groups is 1. The van der Waals surface area contributed by atoms with E-state index in [1.54, 1.807) is 29.1 Å². The van der Waals surface area contributed by atoms with Crippen LogP contribution >= 0.6 is 27.3 Å². The number of rotatable bonds is 3. The van der Waals surface area contributed by atoms with Gasteiger partial charge in [0, 0.05) is 17.6 Å². The van der Waals surface area contributed by atoms with Crippen LogP contribution in [0.2, 0.25) is 0 Å². The Morgan fingerprint density at radius 3 is 2.96 bits per heavy atom. The molecule has 0 bridgehead atoms. The zero-order chi connectivity index (χ0) is 17.7. The van der Waals surface area contributed by atoms with Crippen LogP contribution in [-0.4, -0.2) is 25.3 Å². The molecule has 3 aromatic rings. The van der Waals surface area contributed by atoms with Crippen molar-refractivity contribution in [3.05, 3.63) is 43.0 Å². The number of carbonyl (C=O) groups excluding carboxylic acids is 1. The molecule has 1 aliphatic carbocycles. The zero-order valence-electron chi connectivity index (χ0n) is 13.8. The van der Waals surface area contributed by atoms with Gasteiger partial charge in [-0.1, -0.05) is 0 Å². The molecule has 0 spiro atoms. The van der Waals surface area contributed by atoms with Crippen LogP contribution in [0.4, 0.5) is 0 Å². The molecule has 0 radical (unpaired) electrons. The van der Waals surface area contributed by atoms with Crippen molar-refractivity contribution in [1.82, 2.24) is 19.4 Å². The first kappa shape index (κ1) is 16.5. The third-order valence-corrected chi connectivity index (χ3v) is 6.14. The van der Waals surface area contributed by atoms with Gasteiger partial charge in [0.2, 0.25) is 0 Å². The Labute approximate surface area is 155 Å². The van der Waals surface area contributed by atoms with Gasteiger partial charge >= 0.3 is 0 Å². The lowest BCUT2D eigenvalue weighted by atomic mass is 10.2. The zero-order valence-corrected chi connectivity index (χ0v) is 16.2. The second kappa shape index (κ2) is 6.06. The lowest BCUT2D eigenvalue weighted by Crippen LogP contribution is -2.35. The molecular weight excluding hydrogens is 406 g/mol. The van der Waals surface area contributed by atoms with Crippen LogP contribution in [0.15, 0.2) is 15.5 Å². The Morgan fingerprint density at radius 1 is 1.44 bits per heavy atom. The van der Waals surface area contributed by atoms with Crippen LogP contribution in [0.3, 0.4) is 0 Å². The first-order valence-electron chi connectivity index (χ1n) is 8.07. The summed E-state index contributed by atoms with van der Waals surface area (Å²) in [7, 11) is 0. The quantitative estimate of drug-likeness (QED) is 0.704. The lowest BCUT2D eigenvalue weighted by Gasteiger charge is -2.10. The SMILES string of the molecule is CCn1cc(Br)c(C(=O)Nn2c(C)nc3sc4c(c3c2=O)CCC4)n1. The highest BCUT2D eigenvalue weighted by Gasteiger charge is 2.24. The third-order valence-electron chi connectivity index (χ3n) is 4.38. The summed E-state index contributed by atoms with van der Waals surface area (Å²) in [4.78, 5) is 32.1. The van der Waals surface area contributed by atoms with Gasteiger partial charge < -0.3 is 0 Å². The minimum Gasteiger partial charge on any atom is -0.271 e. The molecule has 0 saturated heterocycles. The molecule has 25 heavy (non-hydrogen) atoms. The fourth-order valence-corrected chi connectivity index (χ4v) is 4.94. The maximum Gasteiger partial charge on any atom is 0.291 e. The first-order chi connectivity index (χ1) is 12.0. The van der Waals surface area contributed by atoms with Gasteiger partial charge in [-0.2, -0.15) is 5.10 Å². The predicted octanol–water partition coefficient (Wildman–Crippen LogP) is 2.62. The number of halogens is 1. The summed E-state index contributed by atoms with van der Waals surface area (Å²) in [6.07, 6.45) is 4.70. The van der Waals surface area contributed by atoms with E-state index in [0.29, 0.717) is 22.2 Å². The number of aromatic nitrogens is 4. The number of hydrogen-bond acceptors (Lipinski definition) is 5. The molecule has 0 saturated carbocycles. The first-order valence-corrected chi connectivity index (χ1v) is 9.68. The van der Waals surface area contributed by atoms with Crippen LogP contribution in [0.5, 0.6) is 0 Å². The molecule has 1 aliphatic rings. The molecule has 3 aromatic heterocycles. The van der Waals surface area contributed by atoms with Crippen molar-refractivity contribution < 1.29 is 4.79 Å². The molecule has 130 valence electrons. The van der Waals surface area contributed by atoms with Gasteiger partial charge in [0.05, 0.1) is 9.86 Å². The second-order valence-electron chi connectivity index (χ2n) is 5.96. The summed E-state index contributed by atoms with van der Waals surface area (Å²) in [6, 6.07) is 0. The van der Waals surface area contributed by atoms with Gasteiger partial charge in [0.25, 0.3) is 11.5 Å². The maximum atomic E-state index is 13.0. The molecule has 0 atom stereocenters. The van der Waals surface area contributed by atoms with Crippen molar-refractivity contribution in [1.29, 1.82) is 0 Å². The Balaban J connectivity index is 1.77. The minimum absolute atomic E-state index is 0.221.